The summed E-state index contributed by atoms with van der Waals surface area (Å²) in [6.45, 7) is 1.27. The Morgan fingerprint density at radius 2 is 2.36 bits per heavy atom. The normalized spacial score (nSPS) is 17.8. The molecule has 0 atom stereocenters. The number of hydrogen-bond donors (Lipinski definition) is 2. The molecule has 82 valence electrons. The largest absolute Gasteiger partial charge is 0.383 e. The van der Waals surface area contributed by atoms with E-state index in [2.05, 4.69) is 15.3 Å². The highest BCUT2D eigenvalue weighted by Gasteiger charge is 2.23. The van der Waals surface area contributed by atoms with Crippen molar-refractivity contribution in [1.82, 2.24) is 10.3 Å². The first kappa shape index (κ1) is 11.3. The van der Waals surface area contributed by atoms with Crippen LogP contribution in [0.2, 0.25) is 0 Å². The predicted octanol–water partition coefficient (Wildman–Crippen LogP) is -0.0636. The van der Waals surface area contributed by atoms with E-state index in [4.69, 9.17) is 10.6 Å². The van der Waals surface area contributed by atoms with Gasteiger partial charge in [-0.15, -0.1) is 0 Å². The molecule has 1 fully saturated rings. The van der Waals surface area contributed by atoms with E-state index in [1.165, 1.54) is 19.3 Å². The molecule has 0 saturated heterocycles. The van der Waals surface area contributed by atoms with Crippen LogP contribution in [0.4, 0.5) is 0 Å². The van der Waals surface area contributed by atoms with Gasteiger partial charge < -0.3 is 9.64 Å². The van der Waals surface area contributed by atoms with E-state index in [1.54, 1.807) is 7.11 Å². The van der Waals surface area contributed by atoms with Gasteiger partial charge in [-0.1, -0.05) is 0 Å². The maximum absolute atomic E-state index is 5.41. The number of nitrogens with two attached hydrogens (primary N) is 1. The molecule has 0 unspecified atom stereocenters. The third-order valence-electron chi connectivity index (χ3n) is 2.64. The van der Waals surface area contributed by atoms with E-state index < -0.39 is 0 Å². The summed E-state index contributed by atoms with van der Waals surface area (Å²) in [6.07, 6.45) is 3.79. The van der Waals surface area contributed by atoms with Gasteiger partial charge >= 0.3 is 0 Å². The van der Waals surface area contributed by atoms with Gasteiger partial charge in [0.25, 0.3) is 0 Å². The second-order valence-corrected chi connectivity index (χ2v) is 3.54. The van der Waals surface area contributed by atoms with Crippen LogP contribution in [0.15, 0.2) is 4.99 Å². The molecular formula is C9H20N4O. The van der Waals surface area contributed by atoms with E-state index in [9.17, 15) is 0 Å². The first-order valence-electron chi connectivity index (χ1n) is 5.02. The highest BCUT2D eigenvalue weighted by atomic mass is 16.5. The van der Waals surface area contributed by atoms with Crippen molar-refractivity contribution in [2.45, 2.75) is 25.3 Å². The molecule has 0 bridgehead atoms. The zero-order valence-corrected chi connectivity index (χ0v) is 8.99. The molecule has 14 heavy (non-hydrogen) atoms. The third-order valence-corrected chi connectivity index (χ3v) is 2.64. The molecule has 0 spiro atoms. The molecule has 0 aromatic rings. The van der Waals surface area contributed by atoms with Crippen LogP contribution in [-0.2, 0) is 4.74 Å². The van der Waals surface area contributed by atoms with Crippen LogP contribution in [0, 0.1) is 0 Å². The minimum absolute atomic E-state index is 0.604. The average Bonchev–Trinajstić information content (AvgIpc) is 2.09. The van der Waals surface area contributed by atoms with Gasteiger partial charge in [-0.3, -0.25) is 5.43 Å². The molecule has 0 heterocycles. The number of rotatable bonds is 4. The van der Waals surface area contributed by atoms with Crippen molar-refractivity contribution in [1.29, 1.82) is 0 Å². The van der Waals surface area contributed by atoms with Crippen molar-refractivity contribution in [3.63, 3.8) is 0 Å². The van der Waals surface area contributed by atoms with Crippen molar-refractivity contribution in [2.75, 3.05) is 27.3 Å². The zero-order valence-electron chi connectivity index (χ0n) is 8.99. The summed E-state index contributed by atoms with van der Waals surface area (Å²) < 4.78 is 4.92. The molecule has 1 aliphatic rings. The first-order valence-corrected chi connectivity index (χ1v) is 5.02. The van der Waals surface area contributed by atoms with Crippen LogP contribution in [-0.4, -0.2) is 44.2 Å². The second-order valence-electron chi connectivity index (χ2n) is 3.54. The quantitative estimate of drug-likeness (QED) is 0.219. The summed E-state index contributed by atoms with van der Waals surface area (Å²) in [5.74, 6) is 6.17. The highest BCUT2D eigenvalue weighted by molar-refractivity contribution is 5.79. The minimum Gasteiger partial charge on any atom is -0.383 e. The molecule has 1 rings (SSSR count). The third kappa shape index (κ3) is 2.85. The number of nitrogens with zero attached hydrogens (tertiary/aromatic N) is 2. The number of hydrogen-bond acceptors (Lipinski definition) is 3. The lowest BCUT2D eigenvalue weighted by molar-refractivity contribution is 0.205. The maximum Gasteiger partial charge on any atom is 0.208 e. The second kappa shape index (κ2) is 5.82. The van der Waals surface area contributed by atoms with Gasteiger partial charge in [0.2, 0.25) is 5.96 Å². The van der Waals surface area contributed by atoms with Gasteiger partial charge in [-0.25, -0.2) is 10.8 Å². The molecular weight excluding hydrogens is 180 g/mol. The molecule has 5 nitrogen and oxygen atoms in total. The topological polar surface area (TPSA) is 62.9 Å². The van der Waals surface area contributed by atoms with Gasteiger partial charge in [0.05, 0.1) is 13.2 Å². The van der Waals surface area contributed by atoms with Gasteiger partial charge in [-0.05, 0) is 19.3 Å². The average molecular weight is 200 g/mol. The Hall–Kier alpha value is -0.810. The Morgan fingerprint density at radius 1 is 1.64 bits per heavy atom. The monoisotopic (exact) mass is 200 g/mol. The Labute approximate surface area is 85.3 Å². The van der Waals surface area contributed by atoms with Crippen LogP contribution in [0.5, 0.6) is 0 Å². The Bertz CT molecular complexity index is 191. The van der Waals surface area contributed by atoms with Gasteiger partial charge in [0.15, 0.2) is 0 Å². The maximum atomic E-state index is 5.41. The fraction of sp³-hybridized carbons (Fsp3) is 0.889. The summed E-state index contributed by atoms with van der Waals surface area (Å²) in [7, 11) is 3.69. The number of ether oxygens (including phenoxy) is 1. The van der Waals surface area contributed by atoms with E-state index in [1.807, 2.05) is 7.05 Å². The number of hydrazine groups is 1. The SMILES string of the molecule is COCCN=C(NN)N(C)C1CCC1. The minimum atomic E-state index is 0.604. The lowest BCUT2D eigenvalue weighted by Gasteiger charge is -2.36. The van der Waals surface area contributed by atoms with E-state index in [-0.39, 0.29) is 0 Å². The van der Waals surface area contributed by atoms with Crippen LogP contribution in [0.1, 0.15) is 19.3 Å². The number of guanidine groups is 1. The van der Waals surface area contributed by atoms with Crippen LogP contribution in [0.3, 0.4) is 0 Å². The van der Waals surface area contributed by atoms with Crippen molar-refractivity contribution in [3.8, 4) is 0 Å². The van der Waals surface area contributed by atoms with Crippen LogP contribution < -0.4 is 11.3 Å². The number of aliphatic imine (C=N–C) groups is 1. The summed E-state index contributed by atoms with van der Waals surface area (Å²) in [6, 6.07) is 0.604. The smallest absolute Gasteiger partial charge is 0.208 e. The van der Waals surface area contributed by atoms with Crippen molar-refractivity contribution < 1.29 is 4.74 Å². The molecule has 3 N–H and O–H groups in total. The fourth-order valence-electron chi connectivity index (χ4n) is 1.45. The molecule has 0 aliphatic heterocycles. The standard InChI is InChI=1S/C9H20N4O/c1-13(8-4-3-5-8)9(12-10)11-6-7-14-2/h8H,3-7,10H2,1-2H3,(H,11,12). The predicted molar refractivity (Wildman–Crippen MR) is 56.9 cm³/mol. The highest BCUT2D eigenvalue weighted by Crippen LogP contribution is 2.23. The Kier molecular flexibility index (Phi) is 4.69. The first-order chi connectivity index (χ1) is 6.79. The molecule has 0 radical (unpaired) electrons. The number of nitrogens with one attached hydrogen (secondary N) is 1. The van der Waals surface area contributed by atoms with Gasteiger partial charge in [0.1, 0.15) is 0 Å². The van der Waals surface area contributed by atoms with Gasteiger partial charge in [0, 0.05) is 20.2 Å². The summed E-state index contributed by atoms with van der Waals surface area (Å²) in [4.78, 5) is 6.43. The fourth-order valence-corrected chi connectivity index (χ4v) is 1.45. The molecule has 0 amide bonds. The van der Waals surface area contributed by atoms with Crippen molar-refractivity contribution in [2.24, 2.45) is 10.8 Å². The van der Waals surface area contributed by atoms with E-state index in [0.29, 0.717) is 19.2 Å². The Balaban J connectivity index is 2.38. The van der Waals surface area contributed by atoms with Crippen molar-refractivity contribution in [3.05, 3.63) is 0 Å². The van der Waals surface area contributed by atoms with E-state index >= 15 is 0 Å². The summed E-state index contributed by atoms with van der Waals surface area (Å²) in [5.41, 5.74) is 2.63. The van der Waals surface area contributed by atoms with Crippen molar-refractivity contribution >= 4 is 5.96 Å². The van der Waals surface area contributed by atoms with Crippen LogP contribution in [0.25, 0.3) is 0 Å². The molecule has 1 saturated carbocycles. The van der Waals surface area contributed by atoms with Crippen LogP contribution >= 0.6 is 0 Å². The lowest BCUT2D eigenvalue weighted by Crippen LogP contribution is -2.49. The molecule has 1 aliphatic carbocycles. The lowest BCUT2D eigenvalue weighted by atomic mass is 9.92. The Morgan fingerprint density at radius 3 is 2.79 bits per heavy atom. The molecule has 5 heteroatoms. The number of methoxy groups -OCH3 is 1. The summed E-state index contributed by atoms with van der Waals surface area (Å²) in [5, 5.41) is 0. The molecule has 0 aromatic carbocycles. The van der Waals surface area contributed by atoms with E-state index in [0.717, 1.165) is 5.96 Å². The van der Waals surface area contributed by atoms with Gasteiger partial charge in [-0.2, -0.15) is 0 Å². The zero-order chi connectivity index (χ0) is 10.4. The molecule has 0 aromatic heterocycles. The summed E-state index contributed by atoms with van der Waals surface area (Å²) >= 11 is 0.